The van der Waals surface area contributed by atoms with E-state index in [-0.39, 0.29) is 6.09 Å². The topological polar surface area (TPSA) is 29.5 Å². The zero-order valence-corrected chi connectivity index (χ0v) is 12.8. The molecule has 0 saturated carbocycles. The molecule has 2 atom stereocenters. The second kappa shape index (κ2) is 5.56. The minimum absolute atomic E-state index is 0.152. The lowest BCUT2D eigenvalue weighted by atomic mass is 10.0. The summed E-state index contributed by atoms with van der Waals surface area (Å²) in [6.07, 6.45) is 3.26. The van der Waals surface area contributed by atoms with Crippen LogP contribution < -0.4 is 0 Å². The van der Waals surface area contributed by atoms with Crippen molar-refractivity contribution in [3.05, 3.63) is 0 Å². The fraction of sp³-hybridized carbons (Fsp3) is 0.917. The number of carbonyl (C=O) groups excluding carboxylic acids is 1. The predicted molar refractivity (Wildman–Crippen MR) is 74.1 cm³/mol. The number of rotatable bonds is 1. The van der Waals surface area contributed by atoms with E-state index in [4.69, 9.17) is 4.74 Å². The monoisotopic (exact) mass is 339 g/mol. The molecule has 0 aromatic heterocycles. The molecule has 4 heteroatoms. The second-order valence-corrected chi connectivity index (χ2v) is 7.38. The summed E-state index contributed by atoms with van der Waals surface area (Å²) in [5.41, 5.74) is -0.395. The molecule has 1 aliphatic rings. The summed E-state index contributed by atoms with van der Waals surface area (Å²) >= 11 is 2.40. The van der Waals surface area contributed by atoms with Gasteiger partial charge in [0.25, 0.3) is 0 Å². The highest BCUT2D eigenvalue weighted by Crippen LogP contribution is 2.25. The maximum absolute atomic E-state index is 12.0. The molecule has 0 bridgehead atoms. The van der Waals surface area contributed by atoms with Gasteiger partial charge < -0.3 is 9.64 Å². The molecule has 1 rings (SSSR count). The van der Waals surface area contributed by atoms with Crippen molar-refractivity contribution in [2.45, 2.75) is 62.5 Å². The Morgan fingerprint density at radius 3 is 2.56 bits per heavy atom. The highest BCUT2D eigenvalue weighted by atomic mass is 127. The van der Waals surface area contributed by atoms with Crippen LogP contribution in [0.5, 0.6) is 0 Å². The van der Waals surface area contributed by atoms with E-state index in [9.17, 15) is 4.79 Å². The Morgan fingerprint density at radius 2 is 2.06 bits per heavy atom. The van der Waals surface area contributed by atoms with E-state index < -0.39 is 5.60 Å². The van der Waals surface area contributed by atoms with E-state index in [0.29, 0.717) is 9.97 Å². The van der Waals surface area contributed by atoms with E-state index in [1.165, 1.54) is 6.42 Å². The number of carbonyl (C=O) groups is 1. The number of nitrogens with zero attached hydrogens (tertiary/aromatic N) is 1. The van der Waals surface area contributed by atoms with Crippen LogP contribution in [0.25, 0.3) is 0 Å². The molecule has 0 aromatic carbocycles. The van der Waals surface area contributed by atoms with Gasteiger partial charge in [0.05, 0.1) is 0 Å². The van der Waals surface area contributed by atoms with Crippen molar-refractivity contribution in [1.29, 1.82) is 0 Å². The third-order valence-corrected chi connectivity index (χ3v) is 3.54. The van der Waals surface area contributed by atoms with Gasteiger partial charge in [0, 0.05) is 16.5 Å². The van der Waals surface area contributed by atoms with Crippen LogP contribution in [0.3, 0.4) is 0 Å². The maximum Gasteiger partial charge on any atom is 0.410 e. The second-order valence-electron chi connectivity index (χ2n) is 5.41. The Morgan fingerprint density at radius 1 is 1.44 bits per heavy atom. The Bertz CT molecular complexity index is 248. The van der Waals surface area contributed by atoms with E-state index in [1.807, 2.05) is 25.7 Å². The number of ether oxygens (including phenoxy) is 1. The lowest BCUT2D eigenvalue weighted by Crippen LogP contribution is -2.49. The normalized spacial score (nSPS) is 24.1. The van der Waals surface area contributed by atoms with Crippen LogP contribution >= 0.6 is 22.6 Å². The number of hydrogen-bond acceptors (Lipinski definition) is 2. The largest absolute Gasteiger partial charge is 0.444 e. The molecule has 1 aliphatic heterocycles. The van der Waals surface area contributed by atoms with Gasteiger partial charge in [0.15, 0.2) is 0 Å². The van der Waals surface area contributed by atoms with Crippen LogP contribution in [-0.4, -0.2) is 33.1 Å². The summed E-state index contributed by atoms with van der Waals surface area (Å²) in [5.74, 6) is 0. The number of alkyl halides is 1. The number of likely N-dealkylation sites (tertiary alicyclic amines) is 1. The molecule has 0 radical (unpaired) electrons. The zero-order valence-electron chi connectivity index (χ0n) is 10.6. The molecule has 94 valence electrons. The average Bonchev–Trinajstić information content (AvgIpc) is 2.15. The van der Waals surface area contributed by atoms with Crippen molar-refractivity contribution in [3.63, 3.8) is 0 Å². The fourth-order valence-corrected chi connectivity index (χ4v) is 2.73. The first-order valence-electron chi connectivity index (χ1n) is 5.95. The number of hydrogen-bond donors (Lipinski definition) is 0. The van der Waals surface area contributed by atoms with Crippen LogP contribution in [0, 0.1) is 0 Å². The van der Waals surface area contributed by atoms with E-state index in [2.05, 4.69) is 29.5 Å². The van der Waals surface area contributed by atoms with Crippen LogP contribution in [0.4, 0.5) is 4.79 Å². The number of amides is 1. The van der Waals surface area contributed by atoms with Gasteiger partial charge in [-0.1, -0.05) is 29.5 Å². The van der Waals surface area contributed by atoms with E-state index >= 15 is 0 Å². The van der Waals surface area contributed by atoms with Gasteiger partial charge in [-0.05, 0) is 40.0 Å². The van der Waals surface area contributed by atoms with Crippen LogP contribution in [0.1, 0.15) is 47.0 Å². The molecule has 0 aromatic rings. The molecule has 1 heterocycles. The first-order chi connectivity index (χ1) is 7.31. The van der Waals surface area contributed by atoms with Gasteiger partial charge in [0.2, 0.25) is 0 Å². The van der Waals surface area contributed by atoms with Crippen molar-refractivity contribution < 1.29 is 9.53 Å². The lowest BCUT2D eigenvalue weighted by Gasteiger charge is -2.38. The average molecular weight is 339 g/mol. The van der Waals surface area contributed by atoms with Crippen molar-refractivity contribution in [3.8, 4) is 0 Å². The predicted octanol–water partition coefficient (Wildman–Crippen LogP) is 3.60. The molecular formula is C12H22INO2. The molecule has 0 spiro atoms. The highest BCUT2D eigenvalue weighted by molar-refractivity contribution is 14.1. The van der Waals surface area contributed by atoms with Gasteiger partial charge in [-0.15, -0.1) is 0 Å². The molecule has 0 N–H and O–H groups in total. The Kier molecular flexibility index (Phi) is 4.88. The fourth-order valence-electron chi connectivity index (χ4n) is 1.98. The summed E-state index contributed by atoms with van der Waals surface area (Å²) in [6, 6.07) is 0.337. The van der Waals surface area contributed by atoms with E-state index in [1.54, 1.807) is 0 Å². The lowest BCUT2D eigenvalue weighted by molar-refractivity contribution is 0.0106. The molecule has 0 aliphatic carbocycles. The van der Waals surface area contributed by atoms with Crippen molar-refractivity contribution >= 4 is 28.7 Å². The number of halogens is 1. The van der Waals surface area contributed by atoms with Crippen molar-refractivity contribution in [2.24, 2.45) is 0 Å². The van der Waals surface area contributed by atoms with Crippen LogP contribution in [0.15, 0.2) is 0 Å². The Balaban J connectivity index is 2.64. The van der Waals surface area contributed by atoms with Crippen molar-refractivity contribution in [1.82, 2.24) is 4.90 Å². The van der Waals surface area contributed by atoms with Gasteiger partial charge in [0.1, 0.15) is 5.60 Å². The molecule has 1 amide bonds. The molecule has 1 saturated heterocycles. The van der Waals surface area contributed by atoms with Crippen LogP contribution in [0.2, 0.25) is 0 Å². The molecule has 0 unspecified atom stereocenters. The summed E-state index contributed by atoms with van der Waals surface area (Å²) < 4.78 is 5.92. The molecule has 16 heavy (non-hydrogen) atoms. The maximum atomic E-state index is 12.0. The van der Waals surface area contributed by atoms with E-state index in [0.717, 1.165) is 19.4 Å². The quantitative estimate of drug-likeness (QED) is 0.540. The first-order valence-corrected chi connectivity index (χ1v) is 7.19. The molecule has 3 nitrogen and oxygen atoms in total. The third kappa shape index (κ3) is 4.11. The molecule has 1 fully saturated rings. The third-order valence-electron chi connectivity index (χ3n) is 2.71. The number of piperidine rings is 1. The smallest absolute Gasteiger partial charge is 0.410 e. The Labute approximate surface area is 112 Å². The summed E-state index contributed by atoms with van der Waals surface area (Å²) in [7, 11) is 0. The summed E-state index contributed by atoms with van der Waals surface area (Å²) in [5, 5.41) is 0. The standard InChI is InChI=1S/C12H22INO2/c1-9(13)10-7-5-6-8-14(10)11(15)16-12(2,3)4/h9-10H,5-8H2,1-4H3/t9-,10+/m1/s1. The van der Waals surface area contributed by atoms with Crippen LogP contribution in [-0.2, 0) is 4.74 Å². The summed E-state index contributed by atoms with van der Waals surface area (Å²) in [4.78, 5) is 13.9. The minimum Gasteiger partial charge on any atom is -0.444 e. The Hall–Kier alpha value is 0. The van der Waals surface area contributed by atoms with Crippen molar-refractivity contribution in [2.75, 3.05) is 6.54 Å². The summed E-state index contributed by atoms with van der Waals surface area (Å²) in [6.45, 7) is 8.74. The van der Waals surface area contributed by atoms with Gasteiger partial charge in [-0.25, -0.2) is 4.79 Å². The zero-order chi connectivity index (χ0) is 12.3. The highest BCUT2D eigenvalue weighted by Gasteiger charge is 2.32. The minimum atomic E-state index is -0.395. The first kappa shape index (κ1) is 14.1. The van der Waals surface area contributed by atoms with Gasteiger partial charge >= 0.3 is 6.09 Å². The SMILES string of the molecule is C[C@@H](I)[C@@H]1CCCCN1C(=O)OC(C)(C)C. The van der Waals surface area contributed by atoms with Gasteiger partial charge in [-0.2, -0.15) is 0 Å². The van der Waals surface area contributed by atoms with Gasteiger partial charge in [-0.3, -0.25) is 0 Å². The molecular weight excluding hydrogens is 317 g/mol.